The number of nitrogens with two attached hydrogens (primary N) is 1. The van der Waals surface area contributed by atoms with Crippen molar-refractivity contribution in [2.75, 3.05) is 13.7 Å². The minimum absolute atomic E-state index is 0.186. The lowest BCUT2D eigenvalue weighted by molar-refractivity contribution is -0.153. The molecular formula is C14H20N2O2. The summed E-state index contributed by atoms with van der Waals surface area (Å²) in [5.74, 6) is 0.447. The molecule has 0 spiro atoms. The second kappa shape index (κ2) is 5.48. The summed E-state index contributed by atoms with van der Waals surface area (Å²) in [5, 5.41) is 0. The highest BCUT2D eigenvalue weighted by Gasteiger charge is 2.43. The summed E-state index contributed by atoms with van der Waals surface area (Å²) in [6, 6.07) is 3.86. The van der Waals surface area contributed by atoms with E-state index < -0.39 is 5.41 Å². The molecule has 4 heteroatoms. The standard InChI is InChI=1S/C14H20N2O2/c1-18-13(17)14(10-15,8-11-2-3-11)9-12-4-6-16-7-5-12/h4-7,11H,2-3,8-10,15H2,1H3. The lowest BCUT2D eigenvalue weighted by Gasteiger charge is -2.29. The molecule has 1 unspecified atom stereocenters. The number of hydrogen-bond donors (Lipinski definition) is 1. The Balaban J connectivity index is 2.19. The molecule has 0 aliphatic heterocycles. The number of carbonyl (C=O) groups excluding carboxylic acids is 1. The van der Waals surface area contributed by atoms with Gasteiger partial charge in [0.2, 0.25) is 0 Å². The van der Waals surface area contributed by atoms with E-state index in [2.05, 4.69) is 4.98 Å². The molecule has 1 saturated carbocycles. The maximum Gasteiger partial charge on any atom is 0.313 e. The van der Waals surface area contributed by atoms with Gasteiger partial charge in [0.1, 0.15) is 0 Å². The van der Waals surface area contributed by atoms with E-state index in [1.807, 2.05) is 12.1 Å². The van der Waals surface area contributed by atoms with Crippen LogP contribution in [0.25, 0.3) is 0 Å². The van der Waals surface area contributed by atoms with Gasteiger partial charge in [0.25, 0.3) is 0 Å². The molecule has 0 amide bonds. The van der Waals surface area contributed by atoms with Crippen molar-refractivity contribution in [1.82, 2.24) is 4.98 Å². The Hall–Kier alpha value is -1.42. The van der Waals surface area contributed by atoms with Crippen molar-refractivity contribution < 1.29 is 9.53 Å². The van der Waals surface area contributed by atoms with Gasteiger partial charge < -0.3 is 10.5 Å². The molecule has 18 heavy (non-hydrogen) atoms. The number of pyridine rings is 1. The van der Waals surface area contributed by atoms with Crippen LogP contribution in [-0.2, 0) is 16.0 Å². The van der Waals surface area contributed by atoms with Gasteiger partial charge in [-0.05, 0) is 36.5 Å². The Morgan fingerprint density at radius 1 is 1.50 bits per heavy atom. The zero-order chi connectivity index (χ0) is 13.0. The van der Waals surface area contributed by atoms with Gasteiger partial charge in [0.05, 0.1) is 12.5 Å². The summed E-state index contributed by atoms with van der Waals surface area (Å²) in [7, 11) is 1.44. The van der Waals surface area contributed by atoms with Crippen molar-refractivity contribution in [2.24, 2.45) is 17.1 Å². The van der Waals surface area contributed by atoms with E-state index in [0.29, 0.717) is 18.9 Å². The van der Waals surface area contributed by atoms with Gasteiger partial charge in [-0.1, -0.05) is 12.8 Å². The molecule has 2 N–H and O–H groups in total. The second-order valence-corrected chi connectivity index (χ2v) is 5.16. The normalized spacial score (nSPS) is 18.1. The van der Waals surface area contributed by atoms with E-state index >= 15 is 0 Å². The van der Waals surface area contributed by atoms with Crippen LogP contribution in [0.5, 0.6) is 0 Å². The molecule has 2 rings (SSSR count). The molecule has 1 aromatic heterocycles. The van der Waals surface area contributed by atoms with Crippen LogP contribution >= 0.6 is 0 Å². The third-order valence-electron chi connectivity index (χ3n) is 3.68. The third kappa shape index (κ3) is 2.88. The van der Waals surface area contributed by atoms with Gasteiger partial charge in [-0.3, -0.25) is 9.78 Å². The fourth-order valence-electron chi connectivity index (χ4n) is 2.45. The summed E-state index contributed by atoms with van der Waals surface area (Å²) in [4.78, 5) is 16.1. The van der Waals surface area contributed by atoms with Gasteiger partial charge in [-0.2, -0.15) is 0 Å². The summed E-state index contributed by atoms with van der Waals surface area (Å²) < 4.78 is 4.97. The highest BCUT2D eigenvalue weighted by Crippen LogP contribution is 2.42. The molecule has 1 aliphatic carbocycles. The van der Waals surface area contributed by atoms with Gasteiger partial charge in [-0.15, -0.1) is 0 Å². The molecule has 0 saturated heterocycles. The van der Waals surface area contributed by atoms with E-state index in [-0.39, 0.29) is 5.97 Å². The van der Waals surface area contributed by atoms with Gasteiger partial charge in [-0.25, -0.2) is 0 Å². The van der Waals surface area contributed by atoms with E-state index in [9.17, 15) is 4.79 Å². The van der Waals surface area contributed by atoms with Gasteiger partial charge in [0.15, 0.2) is 0 Å². The van der Waals surface area contributed by atoms with Crippen LogP contribution in [0.2, 0.25) is 0 Å². The Morgan fingerprint density at radius 2 is 2.17 bits per heavy atom. The van der Waals surface area contributed by atoms with E-state index in [4.69, 9.17) is 10.5 Å². The molecule has 0 radical (unpaired) electrons. The van der Waals surface area contributed by atoms with Crippen LogP contribution < -0.4 is 5.73 Å². The van der Waals surface area contributed by atoms with Crippen molar-refractivity contribution in [2.45, 2.75) is 25.7 Å². The number of methoxy groups -OCH3 is 1. The number of hydrogen-bond acceptors (Lipinski definition) is 4. The lowest BCUT2D eigenvalue weighted by atomic mass is 9.77. The van der Waals surface area contributed by atoms with Crippen LogP contribution in [-0.4, -0.2) is 24.6 Å². The summed E-state index contributed by atoms with van der Waals surface area (Å²) in [6.07, 6.45) is 7.36. The monoisotopic (exact) mass is 248 g/mol. The number of rotatable bonds is 6. The predicted molar refractivity (Wildman–Crippen MR) is 68.8 cm³/mol. The second-order valence-electron chi connectivity index (χ2n) is 5.16. The average molecular weight is 248 g/mol. The molecule has 0 bridgehead atoms. The predicted octanol–water partition coefficient (Wildman–Crippen LogP) is 1.54. The van der Waals surface area contributed by atoms with Crippen LogP contribution in [0.3, 0.4) is 0 Å². The number of ether oxygens (including phenoxy) is 1. The fourth-order valence-corrected chi connectivity index (χ4v) is 2.45. The molecule has 98 valence electrons. The third-order valence-corrected chi connectivity index (χ3v) is 3.68. The quantitative estimate of drug-likeness (QED) is 0.776. The van der Waals surface area contributed by atoms with Crippen LogP contribution in [0.4, 0.5) is 0 Å². The van der Waals surface area contributed by atoms with Crippen molar-refractivity contribution in [1.29, 1.82) is 0 Å². The van der Waals surface area contributed by atoms with Crippen molar-refractivity contribution in [3.63, 3.8) is 0 Å². The molecule has 1 fully saturated rings. The van der Waals surface area contributed by atoms with Crippen LogP contribution in [0.1, 0.15) is 24.8 Å². The Bertz CT molecular complexity index is 404. The summed E-state index contributed by atoms with van der Waals surface area (Å²) in [5.41, 5.74) is 6.40. The zero-order valence-electron chi connectivity index (χ0n) is 10.8. The highest BCUT2D eigenvalue weighted by atomic mass is 16.5. The van der Waals surface area contributed by atoms with Crippen molar-refractivity contribution in [3.8, 4) is 0 Å². The Labute approximate surface area is 108 Å². The number of carbonyl (C=O) groups is 1. The summed E-state index contributed by atoms with van der Waals surface area (Å²) in [6.45, 7) is 0.332. The maximum atomic E-state index is 12.1. The zero-order valence-corrected chi connectivity index (χ0v) is 10.8. The Morgan fingerprint density at radius 3 is 2.67 bits per heavy atom. The maximum absolute atomic E-state index is 12.1. The summed E-state index contributed by atoms with van der Waals surface area (Å²) >= 11 is 0. The SMILES string of the molecule is COC(=O)C(CN)(Cc1ccncc1)CC1CC1. The first-order valence-electron chi connectivity index (χ1n) is 6.37. The first-order valence-corrected chi connectivity index (χ1v) is 6.37. The Kier molecular flexibility index (Phi) is 3.97. The van der Waals surface area contributed by atoms with Crippen LogP contribution in [0.15, 0.2) is 24.5 Å². The molecule has 0 aromatic carbocycles. The number of esters is 1. The van der Waals surface area contributed by atoms with E-state index in [1.54, 1.807) is 12.4 Å². The smallest absolute Gasteiger partial charge is 0.313 e. The minimum Gasteiger partial charge on any atom is -0.469 e. The topological polar surface area (TPSA) is 65.2 Å². The minimum atomic E-state index is -0.572. The van der Waals surface area contributed by atoms with Crippen molar-refractivity contribution in [3.05, 3.63) is 30.1 Å². The molecular weight excluding hydrogens is 228 g/mol. The molecule has 1 heterocycles. The van der Waals surface area contributed by atoms with Gasteiger partial charge in [0, 0.05) is 18.9 Å². The van der Waals surface area contributed by atoms with E-state index in [1.165, 1.54) is 20.0 Å². The fraction of sp³-hybridized carbons (Fsp3) is 0.571. The van der Waals surface area contributed by atoms with Crippen molar-refractivity contribution >= 4 is 5.97 Å². The number of aromatic nitrogens is 1. The lowest BCUT2D eigenvalue weighted by Crippen LogP contribution is -2.42. The number of nitrogens with zero attached hydrogens (tertiary/aromatic N) is 1. The molecule has 1 aliphatic rings. The van der Waals surface area contributed by atoms with Gasteiger partial charge >= 0.3 is 5.97 Å². The average Bonchev–Trinajstić information content (AvgIpc) is 3.22. The first-order chi connectivity index (χ1) is 8.70. The van der Waals surface area contributed by atoms with E-state index in [0.717, 1.165) is 12.0 Å². The highest BCUT2D eigenvalue weighted by molar-refractivity contribution is 5.77. The molecule has 1 atom stereocenters. The molecule has 4 nitrogen and oxygen atoms in total. The van der Waals surface area contributed by atoms with Crippen LogP contribution in [0, 0.1) is 11.3 Å². The molecule has 1 aromatic rings. The largest absolute Gasteiger partial charge is 0.469 e. The first kappa shape index (κ1) is 13.0.